The van der Waals surface area contributed by atoms with Gasteiger partial charge in [0.05, 0.1) is 0 Å². The molecule has 5 aromatic rings. The van der Waals surface area contributed by atoms with E-state index in [-0.39, 0.29) is 16.4 Å². The summed E-state index contributed by atoms with van der Waals surface area (Å²) in [6.45, 7) is 19.0. The molecule has 5 aromatic carbocycles. The van der Waals surface area contributed by atoms with E-state index in [0.29, 0.717) is 23.7 Å². The molecule has 0 aliphatic heterocycles. The van der Waals surface area contributed by atoms with Gasteiger partial charge in [-0.2, -0.15) is 5.26 Å². The van der Waals surface area contributed by atoms with Crippen LogP contribution in [0.25, 0.3) is 28.3 Å². The van der Waals surface area contributed by atoms with E-state index in [1.807, 2.05) is 6.07 Å². The summed E-state index contributed by atoms with van der Waals surface area (Å²) in [5, 5.41) is 20.1. The highest BCUT2D eigenvalue weighted by Crippen LogP contribution is 2.63. The lowest BCUT2D eigenvalue weighted by Crippen LogP contribution is -2.33. The smallest absolute Gasteiger partial charge is 0.346 e. The zero-order valence-electron chi connectivity index (χ0n) is 45.7. The largest absolute Gasteiger partial charge is 0.477 e. The van der Waals surface area contributed by atoms with Gasteiger partial charge in [0.25, 0.3) is 0 Å². The number of fused-ring (bicyclic) bond motifs is 6. The van der Waals surface area contributed by atoms with Gasteiger partial charge in [0.1, 0.15) is 11.6 Å². The molecule has 4 atom stereocenters. The minimum Gasteiger partial charge on any atom is -0.477 e. The van der Waals surface area contributed by atoms with Crippen LogP contribution in [0.5, 0.6) is 0 Å². The normalized spacial score (nSPS) is 18.3. The fourth-order valence-corrected chi connectivity index (χ4v) is 13.4. The third-order valence-corrected chi connectivity index (χ3v) is 17.5. The molecule has 0 heterocycles. The third-order valence-electron chi connectivity index (χ3n) is 17.5. The topological polar surface area (TPSA) is 64.3 Å². The first-order valence-corrected chi connectivity index (χ1v) is 28.8. The Labute approximate surface area is 436 Å². The zero-order chi connectivity index (χ0) is 51.3. The molecule has 2 aliphatic carbocycles. The molecule has 0 saturated heterocycles. The summed E-state index contributed by atoms with van der Waals surface area (Å²) in [6.07, 6.45) is 25.2. The van der Waals surface area contributed by atoms with E-state index in [1.165, 1.54) is 140 Å². The van der Waals surface area contributed by atoms with Gasteiger partial charge in [-0.25, -0.2) is 4.79 Å². The minimum absolute atomic E-state index is 0.199. The number of hydrogen-bond donors (Lipinski definition) is 1. The summed E-state index contributed by atoms with van der Waals surface area (Å²) in [7, 11) is 0. The fraction of sp³-hybridized carbons (Fsp3) is 0.500. The summed E-state index contributed by atoms with van der Waals surface area (Å²) >= 11 is 0. The maximum Gasteiger partial charge on any atom is 0.346 e. The Hall–Kier alpha value is -5.40. The second kappa shape index (κ2) is 25.5. The number of unbranched alkanes of at least 4 members (excludes halogenated alkanes) is 4. The van der Waals surface area contributed by atoms with Crippen molar-refractivity contribution in [2.24, 2.45) is 23.7 Å². The zero-order valence-corrected chi connectivity index (χ0v) is 45.7. The molecule has 72 heavy (non-hydrogen) atoms. The number of carbonyl (C=O) groups is 1. The Kier molecular flexibility index (Phi) is 19.3. The first kappa shape index (κ1) is 54.4. The van der Waals surface area contributed by atoms with Gasteiger partial charge in [-0.1, -0.05) is 219 Å². The number of carboxylic acid groups (broad SMARTS) is 1. The van der Waals surface area contributed by atoms with Crippen LogP contribution in [0, 0.1) is 35.0 Å². The molecule has 4 heteroatoms. The summed E-state index contributed by atoms with van der Waals surface area (Å²) in [5.74, 6) is 1.07. The molecule has 0 bridgehead atoms. The molecule has 0 radical (unpaired) electrons. The average molecular weight is 965 g/mol. The Morgan fingerprint density at radius 2 is 0.875 bits per heavy atom. The number of anilines is 3. The van der Waals surface area contributed by atoms with Crippen molar-refractivity contribution in [1.82, 2.24) is 0 Å². The molecule has 7 rings (SSSR count). The predicted molar refractivity (Wildman–Crippen MR) is 306 cm³/mol. The van der Waals surface area contributed by atoms with Gasteiger partial charge in [-0.05, 0) is 154 Å². The number of aliphatic carboxylic acids is 1. The van der Waals surface area contributed by atoms with Crippen LogP contribution in [-0.4, -0.2) is 11.1 Å². The quantitative estimate of drug-likeness (QED) is 0.0383. The summed E-state index contributed by atoms with van der Waals surface area (Å²) in [4.78, 5) is 14.8. The fourth-order valence-electron chi connectivity index (χ4n) is 13.4. The van der Waals surface area contributed by atoms with Crippen LogP contribution < -0.4 is 4.90 Å². The maximum atomic E-state index is 12.3. The van der Waals surface area contributed by atoms with Crippen LogP contribution in [0.4, 0.5) is 17.1 Å². The number of nitriles is 1. The predicted octanol–water partition coefficient (Wildman–Crippen LogP) is 20.1. The van der Waals surface area contributed by atoms with Crippen LogP contribution in [0.2, 0.25) is 0 Å². The van der Waals surface area contributed by atoms with Gasteiger partial charge < -0.3 is 10.0 Å². The summed E-state index contributed by atoms with van der Waals surface area (Å²) in [5.41, 5.74) is 15.0. The maximum absolute atomic E-state index is 12.3. The molecule has 2 aliphatic rings. The van der Waals surface area contributed by atoms with Crippen LogP contribution in [0.1, 0.15) is 212 Å². The lowest BCUT2D eigenvalue weighted by Gasteiger charge is -2.40. The first-order chi connectivity index (χ1) is 35.1. The van der Waals surface area contributed by atoms with Gasteiger partial charge in [-0.15, -0.1) is 0 Å². The van der Waals surface area contributed by atoms with E-state index in [4.69, 9.17) is 0 Å². The minimum atomic E-state index is -1.18. The van der Waals surface area contributed by atoms with Crippen molar-refractivity contribution >= 4 is 29.1 Å². The lowest BCUT2D eigenvalue weighted by molar-refractivity contribution is -0.132. The lowest BCUT2D eigenvalue weighted by atomic mass is 9.63. The van der Waals surface area contributed by atoms with Crippen molar-refractivity contribution in [3.05, 3.63) is 143 Å². The monoisotopic (exact) mass is 965 g/mol. The van der Waals surface area contributed by atoms with E-state index in [2.05, 4.69) is 169 Å². The Morgan fingerprint density at radius 1 is 0.500 bits per heavy atom. The van der Waals surface area contributed by atoms with Gasteiger partial charge >= 0.3 is 5.97 Å². The van der Waals surface area contributed by atoms with Crippen molar-refractivity contribution in [1.29, 1.82) is 5.26 Å². The SMILES string of the molecule is CCCCC(CC)CC1(CC(CC)CCCC)c2cc(/C=C(\C#N)C(=O)O)ccc2-c2cc3c(cc21)-c1ccc(N(c2ccccc2)c2ccccc2)cc1C3(CC(CC)CCCC)CC(CC)CCCC. The summed E-state index contributed by atoms with van der Waals surface area (Å²) in [6, 6.07) is 43.5. The third kappa shape index (κ3) is 11.5. The number of rotatable bonds is 29. The van der Waals surface area contributed by atoms with E-state index < -0.39 is 5.97 Å². The van der Waals surface area contributed by atoms with Gasteiger partial charge in [0.2, 0.25) is 0 Å². The molecule has 0 aromatic heterocycles. The molecule has 382 valence electrons. The van der Waals surface area contributed by atoms with Crippen molar-refractivity contribution in [3.63, 3.8) is 0 Å². The highest BCUT2D eigenvalue weighted by atomic mass is 16.4. The number of para-hydroxylation sites is 2. The molecule has 0 saturated carbocycles. The van der Waals surface area contributed by atoms with Crippen LogP contribution >= 0.6 is 0 Å². The van der Waals surface area contributed by atoms with Crippen molar-refractivity contribution < 1.29 is 9.90 Å². The van der Waals surface area contributed by atoms with Crippen LogP contribution in [0.15, 0.2) is 115 Å². The van der Waals surface area contributed by atoms with Gasteiger partial charge in [-0.3, -0.25) is 0 Å². The number of benzene rings is 5. The molecular formula is C68H88N2O2. The molecule has 4 nitrogen and oxygen atoms in total. The Morgan fingerprint density at radius 3 is 1.24 bits per heavy atom. The molecule has 0 fully saturated rings. The van der Waals surface area contributed by atoms with Crippen LogP contribution in [-0.2, 0) is 15.6 Å². The molecule has 1 N–H and O–H groups in total. The molecule has 0 spiro atoms. The molecular weight excluding hydrogens is 877 g/mol. The van der Waals surface area contributed by atoms with E-state index in [9.17, 15) is 15.2 Å². The number of hydrogen-bond acceptors (Lipinski definition) is 3. The van der Waals surface area contributed by atoms with Crippen molar-refractivity contribution in [3.8, 4) is 28.3 Å². The van der Waals surface area contributed by atoms with E-state index in [0.717, 1.165) is 55.5 Å². The average Bonchev–Trinajstić information content (AvgIpc) is 3.81. The second-order valence-electron chi connectivity index (χ2n) is 22.1. The van der Waals surface area contributed by atoms with Crippen molar-refractivity contribution in [2.45, 2.75) is 195 Å². The second-order valence-corrected chi connectivity index (χ2v) is 22.1. The van der Waals surface area contributed by atoms with E-state index >= 15 is 0 Å². The summed E-state index contributed by atoms with van der Waals surface area (Å²) < 4.78 is 0. The Bertz CT molecular complexity index is 2540. The first-order valence-electron chi connectivity index (χ1n) is 28.8. The highest BCUT2D eigenvalue weighted by molar-refractivity contribution is 5.97. The highest BCUT2D eigenvalue weighted by Gasteiger charge is 2.51. The van der Waals surface area contributed by atoms with E-state index in [1.54, 1.807) is 6.08 Å². The van der Waals surface area contributed by atoms with Gasteiger partial charge in [0, 0.05) is 27.9 Å². The van der Waals surface area contributed by atoms with Crippen LogP contribution in [0.3, 0.4) is 0 Å². The Balaban J connectivity index is 1.59. The standard InChI is InChI=1S/C68H88N2O2/c1-9-17-27-49(13-5)44-67(45-50(14-6)28-18-10-2)62-40-53(39-54(48-69)66(71)72)35-37-58(62)60-42-65-61(43-64(60)67)59-38-36-57(70(55-31-23-21-24-32-55)56-33-25-22-26-34-56)41-63(59)68(65,46-51(15-7)29-19-11-3)47-52(16-8)30-20-12-4/h21-26,31-43,49-52H,9-20,27-30,44-47H2,1-8H3,(H,71,72)/b54-39+. The molecule has 0 amide bonds. The number of nitrogens with zero attached hydrogens (tertiary/aromatic N) is 2. The number of carboxylic acids is 1. The molecule has 4 unspecified atom stereocenters. The van der Waals surface area contributed by atoms with Crippen molar-refractivity contribution in [2.75, 3.05) is 4.90 Å². The van der Waals surface area contributed by atoms with Gasteiger partial charge in [0.15, 0.2) is 0 Å².